The van der Waals surface area contributed by atoms with Crippen molar-refractivity contribution in [2.45, 2.75) is 54.1 Å². The van der Waals surface area contributed by atoms with Crippen LogP contribution in [0.4, 0.5) is 5.69 Å². The molecule has 0 atom stereocenters. The summed E-state index contributed by atoms with van der Waals surface area (Å²) in [6.07, 6.45) is 0.511. The lowest BCUT2D eigenvalue weighted by atomic mass is 10.1. The van der Waals surface area contributed by atoms with Crippen LogP contribution in [0.1, 0.15) is 50.1 Å². The standard InChI is InChI=1S/C21H31N5O2.HI/c1-6-22-21(24-13-20-25-15(4)16(5)28-20)23-12-17-8-7-9-18(11-17)26-19(27)10-14(2)3;/h7-9,11,14H,6,10,12-13H2,1-5H3,(H,26,27)(H2,22,23,24);1H. The summed E-state index contributed by atoms with van der Waals surface area (Å²) in [6.45, 7) is 11.6. The van der Waals surface area contributed by atoms with Crippen molar-refractivity contribution in [3.63, 3.8) is 0 Å². The van der Waals surface area contributed by atoms with Crippen molar-refractivity contribution in [1.29, 1.82) is 0 Å². The minimum Gasteiger partial charge on any atom is -0.444 e. The zero-order valence-electron chi connectivity index (χ0n) is 17.8. The number of nitrogens with zero attached hydrogens (tertiary/aromatic N) is 2. The minimum atomic E-state index is 0. The van der Waals surface area contributed by atoms with E-state index in [2.05, 4.69) is 25.9 Å². The number of halogens is 1. The Hall–Kier alpha value is -2.10. The lowest BCUT2D eigenvalue weighted by Crippen LogP contribution is -2.36. The first-order valence-corrected chi connectivity index (χ1v) is 9.71. The van der Waals surface area contributed by atoms with E-state index < -0.39 is 0 Å². The predicted octanol–water partition coefficient (Wildman–Crippen LogP) is 4.15. The third kappa shape index (κ3) is 8.84. The Bertz CT molecular complexity index is 798. The van der Waals surface area contributed by atoms with Crippen LogP contribution < -0.4 is 16.0 Å². The third-order valence-electron chi connectivity index (χ3n) is 4.05. The molecule has 0 saturated carbocycles. The number of carbonyl (C=O) groups excluding carboxylic acids is 1. The molecule has 2 rings (SSSR count). The highest BCUT2D eigenvalue weighted by molar-refractivity contribution is 14.0. The maximum Gasteiger partial charge on any atom is 0.224 e. The smallest absolute Gasteiger partial charge is 0.224 e. The topological polar surface area (TPSA) is 91.5 Å². The van der Waals surface area contributed by atoms with Crippen LogP contribution in [0.3, 0.4) is 0 Å². The fraction of sp³-hybridized carbons (Fsp3) is 0.476. The summed E-state index contributed by atoms with van der Waals surface area (Å²) >= 11 is 0. The van der Waals surface area contributed by atoms with Gasteiger partial charge < -0.3 is 20.4 Å². The van der Waals surface area contributed by atoms with Gasteiger partial charge in [-0.1, -0.05) is 26.0 Å². The number of aryl methyl sites for hydroxylation is 2. The van der Waals surface area contributed by atoms with E-state index in [1.165, 1.54) is 0 Å². The molecule has 0 radical (unpaired) electrons. The van der Waals surface area contributed by atoms with Gasteiger partial charge in [0.15, 0.2) is 5.96 Å². The second kappa shape index (κ2) is 12.5. The molecule has 0 aliphatic heterocycles. The molecule has 1 amide bonds. The second-order valence-corrected chi connectivity index (χ2v) is 7.14. The van der Waals surface area contributed by atoms with E-state index in [1.54, 1.807) is 0 Å². The number of oxazole rings is 1. The van der Waals surface area contributed by atoms with Gasteiger partial charge in [0.05, 0.1) is 18.8 Å². The Morgan fingerprint density at radius 3 is 2.62 bits per heavy atom. The highest BCUT2D eigenvalue weighted by Crippen LogP contribution is 2.13. The lowest BCUT2D eigenvalue weighted by Gasteiger charge is -2.11. The van der Waals surface area contributed by atoms with Crippen molar-refractivity contribution >= 4 is 41.5 Å². The summed E-state index contributed by atoms with van der Waals surface area (Å²) in [5.41, 5.74) is 2.71. The predicted molar refractivity (Wildman–Crippen MR) is 128 cm³/mol. The molecule has 1 aromatic carbocycles. The molecule has 0 fully saturated rings. The summed E-state index contributed by atoms with van der Waals surface area (Å²) in [6, 6.07) is 7.76. The van der Waals surface area contributed by atoms with Crippen molar-refractivity contribution in [3.8, 4) is 0 Å². The Labute approximate surface area is 190 Å². The molecule has 160 valence electrons. The Morgan fingerprint density at radius 2 is 2.00 bits per heavy atom. The largest absolute Gasteiger partial charge is 0.444 e. The van der Waals surface area contributed by atoms with Crippen molar-refractivity contribution < 1.29 is 9.21 Å². The first-order valence-electron chi connectivity index (χ1n) is 9.71. The van der Waals surface area contributed by atoms with E-state index in [4.69, 9.17) is 4.42 Å². The van der Waals surface area contributed by atoms with E-state index in [9.17, 15) is 4.79 Å². The summed E-state index contributed by atoms with van der Waals surface area (Å²) < 4.78 is 5.59. The second-order valence-electron chi connectivity index (χ2n) is 7.14. The highest BCUT2D eigenvalue weighted by Gasteiger charge is 2.07. The highest BCUT2D eigenvalue weighted by atomic mass is 127. The fourth-order valence-electron chi connectivity index (χ4n) is 2.62. The average molecular weight is 513 g/mol. The number of hydrogen-bond donors (Lipinski definition) is 3. The van der Waals surface area contributed by atoms with E-state index in [0.717, 1.165) is 29.2 Å². The van der Waals surface area contributed by atoms with Gasteiger partial charge in [0.1, 0.15) is 5.76 Å². The number of guanidine groups is 1. The van der Waals surface area contributed by atoms with Crippen LogP contribution in [-0.4, -0.2) is 23.4 Å². The number of rotatable bonds is 8. The molecular formula is C21H32IN5O2. The lowest BCUT2D eigenvalue weighted by molar-refractivity contribution is -0.116. The average Bonchev–Trinajstić information content (AvgIpc) is 2.95. The maximum atomic E-state index is 12.0. The SMILES string of the molecule is CCNC(=NCc1cccc(NC(=O)CC(C)C)c1)NCc1nc(C)c(C)o1.I. The molecule has 1 aromatic heterocycles. The normalized spacial score (nSPS) is 11.2. The minimum absolute atomic E-state index is 0. The molecule has 0 aliphatic carbocycles. The molecule has 29 heavy (non-hydrogen) atoms. The number of hydrogen-bond acceptors (Lipinski definition) is 4. The van der Waals surface area contributed by atoms with Gasteiger partial charge in [0.2, 0.25) is 11.8 Å². The van der Waals surface area contributed by atoms with Crippen LogP contribution in [-0.2, 0) is 17.9 Å². The molecule has 7 nitrogen and oxygen atoms in total. The molecule has 0 saturated heterocycles. The van der Waals surface area contributed by atoms with E-state index in [-0.39, 0.29) is 29.9 Å². The van der Waals surface area contributed by atoms with Crippen molar-refractivity contribution in [2.75, 3.05) is 11.9 Å². The Balaban J connectivity index is 0.00000420. The van der Waals surface area contributed by atoms with Gasteiger partial charge >= 0.3 is 0 Å². The molecule has 0 spiro atoms. The van der Waals surface area contributed by atoms with Crippen molar-refractivity contribution in [3.05, 3.63) is 47.2 Å². The van der Waals surface area contributed by atoms with Crippen molar-refractivity contribution in [1.82, 2.24) is 15.6 Å². The molecule has 0 aliphatic rings. The number of nitrogens with one attached hydrogen (secondary N) is 3. The van der Waals surface area contributed by atoms with Gasteiger partial charge in [-0.25, -0.2) is 9.98 Å². The van der Waals surface area contributed by atoms with Gasteiger partial charge in [0.25, 0.3) is 0 Å². The summed E-state index contributed by atoms with van der Waals surface area (Å²) in [4.78, 5) is 20.9. The summed E-state index contributed by atoms with van der Waals surface area (Å²) in [5, 5.41) is 9.38. The molecule has 3 N–H and O–H groups in total. The van der Waals surface area contributed by atoms with Gasteiger partial charge in [0, 0.05) is 18.7 Å². The van der Waals surface area contributed by atoms with Gasteiger partial charge in [-0.3, -0.25) is 4.79 Å². The molecule has 0 unspecified atom stereocenters. The van der Waals surface area contributed by atoms with Gasteiger partial charge in [-0.05, 0) is 44.4 Å². The monoisotopic (exact) mass is 513 g/mol. The first-order chi connectivity index (χ1) is 13.4. The Kier molecular flexibility index (Phi) is 10.7. The quantitative estimate of drug-likeness (QED) is 0.280. The van der Waals surface area contributed by atoms with Crippen molar-refractivity contribution in [2.24, 2.45) is 10.9 Å². The van der Waals surface area contributed by atoms with Crippen LogP contribution in [0.25, 0.3) is 0 Å². The van der Waals surface area contributed by atoms with Crippen LogP contribution in [0.15, 0.2) is 33.7 Å². The maximum absolute atomic E-state index is 12.0. The summed E-state index contributed by atoms with van der Waals surface area (Å²) in [7, 11) is 0. The molecule has 0 bridgehead atoms. The van der Waals surface area contributed by atoms with Gasteiger partial charge in [-0.15, -0.1) is 24.0 Å². The first kappa shape index (κ1) is 24.9. The van der Waals surface area contributed by atoms with Crippen LogP contribution in [0.2, 0.25) is 0 Å². The molecule has 1 heterocycles. The number of amides is 1. The van der Waals surface area contributed by atoms with E-state index in [0.29, 0.717) is 37.3 Å². The van der Waals surface area contributed by atoms with Crippen LogP contribution in [0.5, 0.6) is 0 Å². The van der Waals surface area contributed by atoms with E-state index in [1.807, 2.05) is 58.9 Å². The van der Waals surface area contributed by atoms with Crippen LogP contribution >= 0.6 is 24.0 Å². The molecular weight excluding hydrogens is 481 g/mol. The third-order valence-corrected chi connectivity index (χ3v) is 4.05. The fourth-order valence-corrected chi connectivity index (χ4v) is 2.62. The Morgan fingerprint density at radius 1 is 1.24 bits per heavy atom. The number of aromatic nitrogens is 1. The molecule has 2 aromatic rings. The zero-order chi connectivity index (χ0) is 20.5. The number of anilines is 1. The zero-order valence-corrected chi connectivity index (χ0v) is 20.2. The summed E-state index contributed by atoms with van der Waals surface area (Å²) in [5.74, 6) is 2.51. The molecule has 8 heteroatoms. The van der Waals surface area contributed by atoms with Crippen LogP contribution in [0, 0.1) is 19.8 Å². The number of carbonyl (C=O) groups is 1. The number of aliphatic imine (C=N–C) groups is 1. The van der Waals surface area contributed by atoms with E-state index >= 15 is 0 Å². The van der Waals surface area contributed by atoms with Gasteiger partial charge in [-0.2, -0.15) is 0 Å². The number of benzene rings is 1.